The summed E-state index contributed by atoms with van der Waals surface area (Å²) in [6.45, 7) is 8.44. The Labute approximate surface area is 101 Å². The van der Waals surface area contributed by atoms with Crippen LogP contribution in [0.4, 0.5) is 0 Å². The van der Waals surface area contributed by atoms with E-state index in [1.807, 2.05) is 0 Å². The van der Waals surface area contributed by atoms with Gasteiger partial charge >= 0.3 is 0 Å². The maximum Gasteiger partial charge on any atom is 0.185 e. The highest BCUT2D eigenvalue weighted by atomic mass is 79.9. The molecule has 0 saturated heterocycles. The molecule has 0 aromatic carbocycles. The van der Waals surface area contributed by atoms with Crippen molar-refractivity contribution in [2.24, 2.45) is 5.41 Å². The molecule has 1 atom stereocenters. The van der Waals surface area contributed by atoms with Crippen molar-refractivity contribution < 1.29 is 13.2 Å². The lowest BCUT2D eigenvalue weighted by molar-refractivity contribution is -0.126. The van der Waals surface area contributed by atoms with Gasteiger partial charge in [0.2, 0.25) is 0 Å². The van der Waals surface area contributed by atoms with Crippen LogP contribution in [0.1, 0.15) is 41.0 Å². The molecule has 0 unspecified atom stereocenters. The summed E-state index contributed by atoms with van der Waals surface area (Å²) in [5.74, 6) is -0.312. The summed E-state index contributed by atoms with van der Waals surface area (Å²) in [6.07, 6.45) is 0.249. The number of sulfone groups is 1. The van der Waals surface area contributed by atoms with Crippen LogP contribution in [0, 0.1) is 5.41 Å². The maximum atomic E-state index is 12.1. The summed E-state index contributed by atoms with van der Waals surface area (Å²) in [4.78, 5) is 12.1. The van der Waals surface area contributed by atoms with Crippen LogP contribution in [0.5, 0.6) is 0 Å². The second-order valence-electron chi connectivity index (χ2n) is 4.56. The van der Waals surface area contributed by atoms with E-state index in [0.29, 0.717) is 0 Å². The first-order chi connectivity index (χ1) is 6.53. The van der Waals surface area contributed by atoms with E-state index in [4.69, 9.17) is 0 Å². The third-order valence-corrected chi connectivity index (χ3v) is 6.97. The Morgan fingerprint density at radius 3 is 1.80 bits per heavy atom. The van der Waals surface area contributed by atoms with Gasteiger partial charge in [0.05, 0.1) is 0 Å². The Hall–Kier alpha value is 0.1000. The number of hydrogen-bond acceptors (Lipinski definition) is 3. The molecular formula is C10H19BrO3S. The highest BCUT2D eigenvalue weighted by Crippen LogP contribution is 2.37. The molecule has 0 bridgehead atoms. The van der Waals surface area contributed by atoms with Crippen LogP contribution in [-0.2, 0) is 14.6 Å². The topological polar surface area (TPSA) is 51.2 Å². The first-order valence-corrected chi connectivity index (χ1v) is 7.43. The number of carbonyl (C=O) groups excluding carboxylic acids is 1. The fourth-order valence-electron chi connectivity index (χ4n) is 1.31. The van der Waals surface area contributed by atoms with Crippen molar-refractivity contribution in [2.45, 2.75) is 44.7 Å². The van der Waals surface area contributed by atoms with Crippen LogP contribution in [0.3, 0.4) is 0 Å². The second kappa shape index (κ2) is 4.53. The molecular weight excluding hydrogens is 280 g/mol. The molecule has 0 aliphatic rings. The van der Waals surface area contributed by atoms with Crippen molar-refractivity contribution >= 4 is 31.6 Å². The third-order valence-electron chi connectivity index (χ3n) is 2.35. The fourth-order valence-corrected chi connectivity index (χ4v) is 4.08. The van der Waals surface area contributed by atoms with Gasteiger partial charge in [-0.15, -0.1) is 0 Å². The monoisotopic (exact) mass is 298 g/mol. The van der Waals surface area contributed by atoms with Crippen molar-refractivity contribution in [3.05, 3.63) is 0 Å². The number of ketones is 1. The van der Waals surface area contributed by atoms with E-state index >= 15 is 0 Å². The molecule has 15 heavy (non-hydrogen) atoms. The quantitative estimate of drug-likeness (QED) is 0.750. The number of Topliss-reactive ketones (excluding diaryl/α,β-unsaturated/α-hetero) is 1. The molecule has 0 rings (SSSR count). The standard InChI is InChI=1S/C10H19BrO3S/c1-6-10(11,15(13,14)7-2)8(12)9(3,4)5/h6-7H2,1-5H3/t10-/m1/s1. The zero-order chi connectivity index (χ0) is 12.5. The van der Waals surface area contributed by atoms with Crippen molar-refractivity contribution in [3.63, 3.8) is 0 Å². The Kier molecular flexibility index (Phi) is 4.56. The molecule has 0 aromatic rings. The van der Waals surface area contributed by atoms with Crippen LogP contribution in [0.2, 0.25) is 0 Å². The van der Waals surface area contributed by atoms with Gasteiger partial charge in [-0.1, -0.05) is 50.5 Å². The van der Waals surface area contributed by atoms with Crippen LogP contribution >= 0.6 is 15.9 Å². The van der Waals surface area contributed by atoms with Gasteiger partial charge in [0.15, 0.2) is 19.3 Å². The molecule has 0 heterocycles. The Morgan fingerprint density at radius 2 is 1.60 bits per heavy atom. The molecule has 0 fully saturated rings. The van der Waals surface area contributed by atoms with Crippen molar-refractivity contribution in [1.29, 1.82) is 0 Å². The maximum absolute atomic E-state index is 12.1. The van der Waals surface area contributed by atoms with Gasteiger partial charge in [-0.2, -0.15) is 0 Å². The number of carbonyl (C=O) groups is 1. The Morgan fingerprint density at radius 1 is 1.20 bits per heavy atom. The van der Waals surface area contributed by atoms with Crippen molar-refractivity contribution in [3.8, 4) is 0 Å². The van der Waals surface area contributed by atoms with Crippen molar-refractivity contribution in [2.75, 3.05) is 5.75 Å². The van der Waals surface area contributed by atoms with Gasteiger partial charge in [0.1, 0.15) is 0 Å². The molecule has 90 valence electrons. The minimum absolute atomic E-state index is 0.0338. The van der Waals surface area contributed by atoms with Crippen LogP contribution in [0.25, 0.3) is 0 Å². The van der Waals surface area contributed by atoms with Crippen molar-refractivity contribution in [1.82, 2.24) is 0 Å². The molecule has 0 radical (unpaired) electrons. The molecule has 0 amide bonds. The summed E-state index contributed by atoms with van der Waals surface area (Å²) in [5.41, 5.74) is -0.665. The summed E-state index contributed by atoms with van der Waals surface area (Å²) >= 11 is 3.13. The third kappa shape index (κ3) is 2.81. The average Bonchev–Trinajstić information content (AvgIpc) is 2.13. The van der Waals surface area contributed by atoms with Gasteiger partial charge in [-0.05, 0) is 6.42 Å². The van der Waals surface area contributed by atoms with Gasteiger partial charge in [-0.3, -0.25) is 4.79 Å². The molecule has 0 spiro atoms. The lowest BCUT2D eigenvalue weighted by Gasteiger charge is -2.30. The van der Waals surface area contributed by atoms with E-state index in [1.165, 1.54) is 0 Å². The highest BCUT2D eigenvalue weighted by molar-refractivity contribution is 9.12. The number of rotatable bonds is 4. The number of halogens is 1. The molecule has 0 aliphatic heterocycles. The Bertz CT molecular complexity index is 340. The smallest absolute Gasteiger partial charge is 0.185 e. The second-order valence-corrected chi connectivity index (χ2v) is 8.95. The molecule has 0 aromatic heterocycles. The van der Waals surface area contributed by atoms with Gasteiger partial charge in [-0.25, -0.2) is 8.42 Å². The molecule has 3 nitrogen and oxygen atoms in total. The molecule has 0 N–H and O–H groups in total. The lowest BCUT2D eigenvalue weighted by atomic mass is 9.88. The Balaban J connectivity index is 5.51. The summed E-state index contributed by atoms with van der Waals surface area (Å²) in [5, 5.41) is 0. The van der Waals surface area contributed by atoms with E-state index in [-0.39, 0.29) is 18.0 Å². The fraction of sp³-hybridized carbons (Fsp3) is 0.900. The van der Waals surface area contributed by atoms with Crippen LogP contribution in [-0.4, -0.2) is 23.6 Å². The summed E-state index contributed by atoms with van der Waals surface area (Å²) in [7, 11) is -3.43. The van der Waals surface area contributed by atoms with Gasteiger partial charge in [0.25, 0.3) is 0 Å². The molecule has 0 aliphatic carbocycles. The average molecular weight is 299 g/mol. The largest absolute Gasteiger partial charge is 0.296 e. The molecule has 5 heteroatoms. The van der Waals surface area contributed by atoms with E-state index < -0.39 is 18.9 Å². The lowest BCUT2D eigenvalue weighted by Crippen LogP contribution is -2.46. The van der Waals surface area contributed by atoms with Gasteiger partial charge in [0, 0.05) is 11.2 Å². The normalized spacial score (nSPS) is 17.2. The predicted octanol–water partition coefficient (Wildman–Crippen LogP) is 2.54. The van der Waals surface area contributed by atoms with Gasteiger partial charge < -0.3 is 0 Å². The first-order valence-electron chi connectivity index (χ1n) is 4.99. The zero-order valence-electron chi connectivity index (χ0n) is 9.93. The SMILES string of the molecule is CC[C@](Br)(C(=O)C(C)(C)C)S(=O)(=O)CC. The zero-order valence-corrected chi connectivity index (χ0v) is 12.3. The number of alkyl halides is 1. The minimum atomic E-state index is -3.43. The highest BCUT2D eigenvalue weighted by Gasteiger charge is 2.49. The van der Waals surface area contributed by atoms with Crippen LogP contribution < -0.4 is 0 Å². The van der Waals surface area contributed by atoms with E-state index in [0.717, 1.165) is 0 Å². The van der Waals surface area contributed by atoms with E-state index in [9.17, 15) is 13.2 Å². The summed E-state index contributed by atoms with van der Waals surface area (Å²) < 4.78 is 22.3. The first kappa shape index (κ1) is 15.1. The minimum Gasteiger partial charge on any atom is -0.296 e. The molecule has 0 saturated carbocycles. The predicted molar refractivity (Wildman–Crippen MR) is 65.9 cm³/mol. The van der Waals surface area contributed by atoms with E-state index in [2.05, 4.69) is 15.9 Å². The number of hydrogen-bond donors (Lipinski definition) is 0. The summed E-state index contributed by atoms with van der Waals surface area (Å²) in [6, 6.07) is 0. The van der Waals surface area contributed by atoms with Crippen LogP contribution in [0.15, 0.2) is 0 Å². The van der Waals surface area contributed by atoms with E-state index in [1.54, 1.807) is 34.6 Å².